The molecule has 0 aliphatic heterocycles. The maximum Gasteiger partial charge on any atom is 0.215 e. The van der Waals surface area contributed by atoms with E-state index in [1.807, 2.05) is 14.1 Å². The molecule has 1 aliphatic carbocycles. The van der Waals surface area contributed by atoms with Crippen LogP contribution in [0.4, 0.5) is 0 Å². The highest BCUT2D eigenvalue weighted by molar-refractivity contribution is 7.90. The molecule has 1 aliphatic rings. The van der Waals surface area contributed by atoms with Crippen molar-refractivity contribution in [3.63, 3.8) is 0 Å². The quantitative estimate of drug-likeness (QED) is 0.707. The molecule has 5 nitrogen and oxygen atoms in total. The van der Waals surface area contributed by atoms with E-state index in [2.05, 4.69) is 14.9 Å². The highest BCUT2D eigenvalue weighted by Crippen LogP contribution is 2.33. The molecule has 0 saturated heterocycles. The Balaban J connectivity index is 2.63. The van der Waals surface area contributed by atoms with E-state index in [1.165, 1.54) is 12.8 Å². The van der Waals surface area contributed by atoms with Crippen LogP contribution in [0.1, 0.15) is 32.6 Å². The van der Waals surface area contributed by atoms with Crippen molar-refractivity contribution >= 4 is 10.0 Å². The van der Waals surface area contributed by atoms with Gasteiger partial charge in [0.15, 0.2) is 0 Å². The van der Waals surface area contributed by atoms with E-state index < -0.39 is 15.3 Å². The molecule has 0 aromatic rings. The van der Waals surface area contributed by atoms with E-state index in [0.29, 0.717) is 13.1 Å². The maximum atomic E-state index is 12.1. The fourth-order valence-corrected chi connectivity index (χ4v) is 3.73. The number of sulfonamides is 1. The minimum Gasteiger partial charge on any atom is -0.318 e. The normalized spacial score (nSPS) is 21.4. The number of hydrogen-bond donors (Lipinski definition) is 2. The Hall–Kier alpha value is -0.170. The van der Waals surface area contributed by atoms with E-state index in [-0.39, 0.29) is 5.54 Å². The van der Waals surface area contributed by atoms with Crippen LogP contribution in [-0.2, 0) is 10.0 Å². The molecule has 0 amide bonds. The molecule has 6 heteroatoms. The molecular formula is C12H27N3O2S. The summed E-state index contributed by atoms with van der Waals surface area (Å²) in [7, 11) is 2.62. The third kappa shape index (κ3) is 3.66. The average molecular weight is 277 g/mol. The van der Waals surface area contributed by atoms with Gasteiger partial charge in [-0.2, -0.15) is 0 Å². The van der Waals surface area contributed by atoms with Crippen molar-refractivity contribution in [3.05, 3.63) is 0 Å². The van der Waals surface area contributed by atoms with Crippen LogP contribution in [0, 0.1) is 0 Å². The summed E-state index contributed by atoms with van der Waals surface area (Å²) in [5.74, 6) is 0. The smallest absolute Gasteiger partial charge is 0.215 e. The summed E-state index contributed by atoms with van der Waals surface area (Å²) >= 11 is 0. The van der Waals surface area contributed by atoms with Crippen LogP contribution in [0.15, 0.2) is 0 Å². The predicted octanol–water partition coefficient (Wildman–Crippen LogP) is 0.388. The monoisotopic (exact) mass is 277 g/mol. The molecule has 0 aromatic carbocycles. The van der Waals surface area contributed by atoms with E-state index in [9.17, 15) is 8.42 Å². The SMILES string of the molecule is CNCC(C)S(=O)(=O)NCC1(N(C)C)CCCC1. The van der Waals surface area contributed by atoms with Crippen LogP contribution in [0.2, 0.25) is 0 Å². The molecule has 0 bridgehead atoms. The van der Waals surface area contributed by atoms with Gasteiger partial charge in [0, 0.05) is 18.6 Å². The standard InChI is InChI=1S/C12H27N3O2S/c1-11(9-13-2)18(16,17)14-10-12(15(3)4)7-5-6-8-12/h11,13-14H,5-10H2,1-4H3. The number of rotatable bonds is 7. The van der Waals surface area contributed by atoms with Crippen molar-refractivity contribution in [3.8, 4) is 0 Å². The lowest BCUT2D eigenvalue weighted by molar-refractivity contribution is 0.161. The lowest BCUT2D eigenvalue weighted by atomic mass is 9.97. The molecular weight excluding hydrogens is 250 g/mol. The van der Waals surface area contributed by atoms with Gasteiger partial charge in [0.25, 0.3) is 0 Å². The van der Waals surface area contributed by atoms with Gasteiger partial charge in [-0.25, -0.2) is 13.1 Å². The molecule has 2 N–H and O–H groups in total. The zero-order chi connectivity index (χ0) is 13.8. The summed E-state index contributed by atoms with van der Waals surface area (Å²) in [6, 6.07) is 0. The third-order valence-corrected chi connectivity index (χ3v) is 5.88. The number of nitrogens with one attached hydrogen (secondary N) is 2. The topological polar surface area (TPSA) is 61.4 Å². The zero-order valence-electron chi connectivity index (χ0n) is 12.0. The van der Waals surface area contributed by atoms with Crippen LogP contribution in [0.5, 0.6) is 0 Å². The molecule has 1 saturated carbocycles. The minimum atomic E-state index is -3.22. The Morgan fingerprint density at radius 2 is 1.83 bits per heavy atom. The van der Waals surface area contributed by atoms with Gasteiger partial charge in [0.2, 0.25) is 10.0 Å². The van der Waals surface area contributed by atoms with Gasteiger partial charge >= 0.3 is 0 Å². The molecule has 1 atom stereocenters. The van der Waals surface area contributed by atoms with E-state index in [4.69, 9.17) is 0 Å². The summed E-state index contributed by atoms with van der Waals surface area (Å²) < 4.78 is 26.9. The molecule has 0 aromatic heterocycles. The van der Waals surface area contributed by atoms with E-state index >= 15 is 0 Å². The fourth-order valence-electron chi connectivity index (χ4n) is 2.59. The zero-order valence-corrected chi connectivity index (χ0v) is 12.8. The molecule has 0 spiro atoms. The van der Waals surface area contributed by atoms with Gasteiger partial charge < -0.3 is 10.2 Å². The van der Waals surface area contributed by atoms with Crippen LogP contribution >= 0.6 is 0 Å². The minimum absolute atomic E-state index is 0.00638. The summed E-state index contributed by atoms with van der Waals surface area (Å²) in [4.78, 5) is 2.17. The van der Waals surface area contributed by atoms with Gasteiger partial charge in [-0.3, -0.25) is 0 Å². The Morgan fingerprint density at radius 1 is 1.28 bits per heavy atom. The Morgan fingerprint density at radius 3 is 2.28 bits per heavy atom. The van der Waals surface area contributed by atoms with Gasteiger partial charge in [0.1, 0.15) is 0 Å². The highest BCUT2D eigenvalue weighted by Gasteiger charge is 2.37. The van der Waals surface area contributed by atoms with E-state index in [0.717, 1.165) is 12.8 Å². The molecule has 1 fully saturated rings. The Labute approximate surface area is 111 Å². The third-order valence-electron chi connectivity index (χ3n) is 4.11. The largest absolute Gasteiger partial charge is 0.318 e. The van der Waals surface area contributed by atoms with Gasteiger partial charge in [-0.05, 0) is 40.9 Å². The summed E-state index contributed by atoms with van der Waals surface area (Å²) in [6.45, 7) is 2.73. The first-order valence-electron chi connectivity index (χ1n) is 6.64. The Kier molecular flexibility index (Phi) is 5.58. The lowest BCUT2D eigenvalue weighted by Crippen LogP contribution is -2.52. The van der Waals surface area contributed by atoms with Crippen LogP contribution in [0.3, 0.4) is 0 Å². The molecule has 108 valence electrons. The lowest BCUT2D eigenvalue weighted by Gasteiger charge is -2.36. The predicted molar refractivity (Wildman–Crippen MR) is 75.2 cm³/mol. The molecule has 1 unspecified atom stereocenters. The van der Waals surface area contributed by atoms with Crippen molar-refractivity contribution in [2.24, 2.45) is 0 Å². The van der Waals surface area contributed by atoms with Crippen molar-refractivity contribution in [1.82, 2.24) is 14.9 Å². The number of likely N-dealkylation sites (N-methyl/N-ethyl adjacent to an activating group) is 1. The second kappa shape index (κ2) is 6.32. The van der Waals surface area contributed by atoms with Crippen molar-refractivity contribution < 1.29 is 8.42 Å². The van der Waals surface area contributed by atoms with Gasteiger partial charge in [0.05, 0.1) is 5.25 Å². The molecule has 0 heterocycles. The first-order valence-corrected chi connectivity index (χ1v) is 8.19. The summed E-state index contributed by atoms with van der Waals surface area (Å²) in [6.07, 6.45) is 4.52. The molecule has 18 heavy (non-hydrogen) atoms. The van der Waals surface area contributed by atoms with Crippen molar-refractivity contribution in [2.45, 2.75) is 43.4 Å². The molecule has 1 rings (SSSR count). The maximum absolute atomic E-state index is 12.1. The van der Waals surface area contributed by atoms with Gasteiger partial charge in [-0.1, -0.05) is 12.8 Å². The number of nitrogens with zero attached hydrogens (tertiary/aromatic N) is 1. The second-order valence-corrected chi connectivity index (χ2v) is 7.74. The summed E-state index contributed by atoms with van der Waals surface area (Å²) in [5, 5.41) is 2.50. The van der Waals surface area contributed by atoms with Crippen molar-refractivity contribution in [2.75, 3.05) is 34.2 Å². The van der Waals surface area contributed by atoms with E-state index in [1.54, 1.807) is 14.0 Å². The van der Waals surface area contributed by atoms with Gasteiger partial charge in [-0.15, -0.1) is 0 Å². The second-order valence-electron chi connectivity index (χ2n) is 5.56. The Bertz CT molecular complexity index is 348. The number of hydrogen-bond acceptors (Lipinski definition) is 4. The van der Waals surface area contributed by atoms with Crippen LogP contribution in [0.25, 0.3) is 0 Å². The first-order chi connectivity index (χ1) is 8.34. The van der Waals surface area contributed by atoms with Crippen LogP contribution in [-0.4, -0.2) is 58.3 Å². The van der Waals surface area contributed by atoms with Crippen LogP contribution < -0.4 is 10.0 Å². The van der Waals surface area contributed by atoms with Crippen molar-refractivity contribution in [1.29, 1.82) is 0 Å². The highest BCUT2D eigenvalue weighted by atomic mass is 32.2. The molecule has 0 radical (unpaired) electrons. The average Bonchev–Trinajstić information content (AvgIpc) is 2.77. The summed E-state index contributed by atoms with van der Waals surface area (Å²) in [5.41, 5.74) is 0.00638. The first kappa shape index (κ1) is 15.9. The fraction of sp³-hybridized carbons (Fsp3) is 1.00.